The number of hydrogen-bond acceptors (Lipinski definition) is 3. The Hall–Kier alpha value is -0.930. The maximum Gasteiger partial charge on any atom is 0.0842 e. The van der Waals surface area contributed by atoms with Crippen molar-refractivity contribution in [2.24, 2.45) is 11.7 Å². The summed E-state index contributed by atoms with van der Waals surface area (Å²) in [6.45, 7) is 0.937. The largest absolute Gasteiger partial charge is 0.373 e. The molecule has 0 unspecified atom stereocenters. The molecule has 1 aromatic heterocycles. The molecule has 19 heavy (non-hydrogen) atoms. The predicted molar refractivity (Wildman–Crippen MR) is 73.7 cm³/mol. The van der Waals surface area contributed by atoms with E-state index >= 15 is 0 Å². The minimum Gasteiger partial charge on any atom is -0.373 e. The van der Waals surface area contributed by atoms with Gasteiger partial charge < -0.3 is 10.5 Å². The van der Waals surface area contributed by atoms with Gasteiger partial charge in [0.15, 0.2) is 0 Å². The van der Waals surface area contributed by atoms with E-state index < -0.39 is 0 Å². The molecular formula is C16H22N2O. The lowest BCUT2D eigenvalue weighted by atomic mass is 9.92. The van der Waals surface area contributed by atoms with Crippen molar-refractivity contribution < 1.29 is 4.74 Å². The molecule has 102 valence electrons. The number of aryl methyl sites for hydroxylation is 1. The van der Waals surface area contributed by atoms with Gasteiger partial charge in [-0.15, -0.1) is 0 Å². The van der Waals surface area contributed by atoms with E-state index in [0.29, 0.717) is 0 Å². The van der Waals surface area contributed by atoms with E-state index in [1.807, 2.05) is 0 Å². The van der Waals surface area contributed by atoms with Gasteiger partial charge in [-0.3, -0.25) is 4.98 Å². The fourth-order valence-electron chi connectivity index (χ4n) is 2.99. The first kappa shape index (κ1) is 11.9. The molecular weight excluding hydrogens is 236 g/mol. The molecule has 0 saturated heterocycles. The zero-order chi connectivity index (χ0) is 12.9. The van der Waals surface area contributed by atoms with Crippen molar-refractivity contribution in [3.05, 3.63) is 29.1 Å². The Labute approximate surface area is 114 Å². The number of aromatic nitrogens is 1. The normalized spacial score (nSPS) is 27.9. The Morgan fingerprint density at radius 2 is 2.11 bits per heavy atom. The van der Waals surface area contributed by atoms with Crippen LogP contribution < -0.4 is 5.73 Å². The van der Waals surface area contributed by atoms with E-state index in [-0.39, 0.29) is 11.6 Å². The quantitative estimate of drug-likeness (QED) is 0.903. The molecule has 0 aromatic carbocycles. The van der Waals surface area contributed by atoms with Gasteiger partial charge in [-0.25, -0.2) is 0 Å². The molecule has 0 bridgehead atoms. The van der Waals surface area contributed by atoms with Gasteiger partial charge in [-0.05, 0) is 56.9 Å². The first-order chi connectivity index (χ1) is 9.24. The van der Waals surface area contributed by atoms with E-state index in [9.17, 15) is 0 Å². The van der Waals surface area contributed by atoms with Crippen LogP contribution in [0.1, 0.15) is 61.6 Å². The van der Waals surface area contributed by atoms with Crippen LogP contribution >= 0.6 is 0 Å². The molecule has 0 spiro atoms. The number of nitrogens with two attached hydrogens (primary N) is 1. The summed E-state index contributed by atoms with van der Waals surface area (Å²) < 4.78 is 6.10. The van der Waals surface area contributed by atoms with Crippen LogP contribution in [-0.4, -0.2) is 11.6 Å². The van der Waals surface area contributed by atoms with Crippen LogP contribution in [0.2, 0.25) is 0 Å². The number of nitrogens with zero attached hydrogens (tertiary/aromatic N) is 1. The van der Waals surface area contributed by atoms with Gasteiger partial charge in [0.25, 0.3) is 0 Å². The van der Waals surface area contributed by atoms with Crippen LogP contribution in [0.15, 0.2) is 12.1 Å². The predicted octanol–water partition coefficient (Wildman–Crippen LogP) is 2.83. The summed E-state index contributed by atoms with van der Waals surface area (Å²) in [4.78, 5) is 4.84. The lowest BCUT2D eigenvalue weighted by Gasteiger charge is -2.26. The van der Waals surface area contributed by atoms with E-state index in [1.54, 1.807) is 0 Å². The third-order valence-corrected chi connectivity index (χ3v) is 4.76. The second-order valence-electron chi connectivity index (χ2n) is 6.55. The smallest absolute Gasteiger partial charge is 0.0842 e. The Kier molecular flexibility index (Phi) is 2.68. The third kappa shape index (κ3) is 2.30. The molecule has 0 radical (unpaired) electrons. The van der Waals surface area contributed by atoms with Gasteiger partial charge in [-0.1, -0.05) is 6.07 Å². The van der Waals surface area contributed by atoms with Crippen LogP contribution in [0.4, 0.5) is 0 Å². The zero-order valence-electron chi connectivity index (χ0n) is 11.4. The van der Waals surface area contributed by atoms with Gasteiger partial charge in [-0.2, -0.15) is 0 Å². The molecule has 4 rings (SSSR count). The summed E-state index contributed by atoms with van der Waals surface area (Å²) in [5.74, 6) is 0.830. The molecule has 0 aliphatic heterocycles. The SMILES string of the molecule is NC1(c2ccc3c(n2)CCC[C@@H]3OCC2CC2)CC1. The van der Waals surface area contributed by atoms with E-state index in [2.05, 4.69) is 12.1 Å². The Morgan fingerprint density at radius 1 is 1.26 bits per heavy atom. The molecule has 0 amide bonds. The van der Waals surface area contributed by atoms with E-state index in [1.165, 1.54) is 30.5 Å². The van der Waals surface area contributed by atoms with E-state index in [4.69, 9.17) is 15.5 Å². The van der Waals surface area contributed by atoms with Crippen LogP contribution in [0.3, 0.4) is 0 Å². The minimum absolute atomic E-state index is 0.114. The minimum atomic E-state index is -0.114. The van der Waals surface area contributed by atoms with Crippen LogP contribution in [-0.2, 0) is 16.7 Å². The molecule has 3 aliphatic rings. The van der Waals surface area contributed by atoms with Crippen LogP contribution in [0.5, 0.6) is 0 Å². The summed E-state index contributed by atoms with van der Waals surface area (Å²) in [6, 6.07) is 4.35. The zero-order valence-corrected chi connectivity index (χ0v) is 11.4. The summed E-state index contributed by atoms with van der Waals surface area (Å²) in [5, 5.41) is 0. The van der Waals surface area contributed by atoms with Crippen molar-refractivity contribution in [1.82, 2.24) is 4.98 Å². The molecule has 3 nitrogen and oxygen atoms in total. The number of pyridine rings is 1. The Balaban J connectivity index is 1.56. The highest BCUT2D eigenvalue weighted by atomic mass is 16.5. The molecule has 2 N–H and O–H groups in total. The second kappa shape index (κ2) is 4.29. The summed E-state index contributed by atoms with van der Waals surface area (Å²) >= 11 is 0. The van der Waals surface area contributed by atoms with Crippen LogP contribution in [0.25, 0.3) is 0 Å². The average molecular weight is 258 g/mol. The number of rotatable bonds is 4. The Morgan fingerprint density at radius 3 is 2.84 bits per heavy atom. The maximum atomic E-state index is 6.25. The standard InChI is InChI=1S/C16H22N2O/c17-16(8-9-16)15-7-6-12-13(18-15)2-1-3-14(12)19-10-11-4-5-11/h6-7,11,14H,1-5,8-10,17H2/t14-/m0/s1. The van der Waals surface area contributed by atoms with Crippen molar-refractivity contribution in [3.8, 4) is 0 Å². The molecule has 1 aromatic rings. The maximum absolute atomic E-state index is 6.25. The fourth-order valence-corrected chi connectivity index (χ4v) is 2.99. The number of ether oxygens (including phenoxy) is 1. The van der Waals surface area contributed by atoms with E-state index in [0.717, 1.165) is 43.9 Å². The average Bonchev–Trinajstić information content (AvgIpc) is 3.33. The topological polar surface area (TPSA) is 48.1 Å². The number of hydrogen-bond donors (Lipinski definition) is 1. The highest BCUT2D eigenvalue weighted by molar-refractivity contribution is 5.32. The van der Waals surface area contributed by atoms with Crippen molar-refractivity contribution in [2.45, 2.75) is 56.6 Å². The summed E-state index contributed by atoms with van der Waals surface area (Å²) in [5.41, 5.74) is 9.78. The Bertz CT molecular complexity index is 492. The van der Waals surface area contributed by atoms with Crippen molar-refractivity contribution >= 4 is 0 Å². The molecule has 3 heteroatoms. The van der Waals surface area contributed by atoms with Gasteiger partial charge in [0.1, 0.15) is 0 Å². The summed E-state index contributed by atoms with van der Waals surface area (Å²) in [7, 11) is 0. The van der Waals surface area contributed by atoms with Crippen LogP contribution in [0, 0.1) is 5.92 Å². The van der Waals surface area contributed by atoms with Gasteiger partial charge >= 0.3 is 0 Å². The third-order valence-electron chi connectivity index (χ3n) is 4.76. The number of fused-ring (bicyclic) bond motifs is 1. The van der Waals surface area contributed by atoms with Gasteiger partial charge in [0, 0.05) is 11.3 Å². The highest BCUT2D eigenvalue weighted by Crippen LogP contribution is 2.43. The first-order valence-corrected chi connectivity index (χ1v) is 7.65. The molecule has 2 saturated carbocycles. The monoisotopic (exact) mass is 258 g/mol. The lowest BCUT2D eigenvalue weighted by molar-refractivity contribution is 0.0332. The molecule has 2 fully saturated rings. The van der Waals surface area contributed by atoms with Gasteiger partial charge in [0.05, 0.1) is 23.9 Å². The second-order valence-corrected chi connectivity index (χ2v) is 6.55. The first-order valence-electron chi connectivity index (χ1n) is 7.65. The molecule has 1 atom stereocenters. The summed E-state index contributed by atoms with van der Waals surface area (Å²) in [6.07, 6.45) is 8.58. The molecule has 3 aliphatic carbocycles. The highest BCUT2D eigenvalue weighted by Gasteiger charge is 2.42. The van der Waals surface area contributed by atoms with Crippen molar-refractivity contribution in [3.63, 3.8) is 0 Å². The lowest BCUT2D eigenvalue weighted by Crippen LogP contribution is -2.23. The van der Waals surface area contributed by atoms with Crippen molar-refractivity contribution in [1.29, 1.82) is 0 Å². The van der Waals surface area contributed by atoms with Crippen molar-refractivity contribution in [2.75, 3.05) is 6.61 Å². The van der Waals surface area contributed by atoms with Gasteiger partial charge in [0.2, 0.25) is 0 Å². The fraction of sp³-hybridized carbons (Fsp3) is 0.688. The molecule has 1 heterocycles.